The van der Waals surface area contributed by atoms with Crippen LogP contribution in [0.25, 0.3) is 0 Å². The smallest absolute Gasteiger partial charge is 0.255 e. The Bertz CT molecular complexity index is 469. The first-order chi connectivity index (χ1) is 10.1. The maximum Gasteiger partial charge on any atom is 0.255 e. The van der Waals surface area contributed by atoms with Gasteiger partial charge in [0.05, 0.1) is 12.1 Å². The number of benzene rings is 1. The number of amides is 1. The van der Waals surface area contributed by atoms with Crippen molar-refractivity contribution in [2.75, 3.05) is 26.8 Å². The molecule has 21 heavy (non-hydrogen) atoms. The van der Waals surface area contributed by atoms with Crippen LogP contribution in [-0.2, 0) is 11.3 Å². The van der Waals surface area contributed by atoms with Gasteiger partial charge in [-0.05, 0) is 43.6 Å². The zero-order chi connectivity index (χ0) is 15.7. The van der Waals surface area contributed by atoms with Crippen molar-refractivity contribution in [1.82, 2.24) is 5.32 Å². The zero-order valence-electron chi connectivity index (χ0n) is 12.2. The highest BCUT2D eigenvalue weighted by Crippen LogP contribution is 2.36. The summed E-state index contributed by atoms with van der Waals surface area (Å²) in [6, 6.07) is 3.59. The molecule has 0 aliphatic carbocycles. The van der Waals surface area contributed by atoms with Gasteiger partial charge in [0, 0.05) is 6.54 Å². The summed E-state index contributed by atoms with van der Waals surface area (Å²) in [6.07, 6.45) is 2.03. The summed E-state index contributed by atoms with van der Waals surface area (Å²) in [7, 11) is 1.52. The second-order valence-electron chi connectivity index (χ2n) is 4.54. The van der Waals surface area contributed by atoms with Gasteiger partial charge in [-0.1, -0.05) is 11.6 Å². The fourth-order valence-electron chi connectivity index (χ4n) is 1.79. The number of hydrogen-bond acceptors (Lipinski definition) is 5. The van der Waals surface area contributed by atoms with Crippen molar-refractivity contribution in [3.8, 4) is 11.5 Å². The number of ether oxygens (including phenoxy) is 2. The van der Waals surface area contributed by atoms with E-state index in [0.29, 0.717) is 29.6 Å². The first-order valence-electron chi connectivity index (χ1n) is 6.76. The van der Waals surface area contributed by atoms with Crippen LogP contribution in [-0.4, -0.2) is 32.7 Å². The molecule has 5 N–H and O–H groups in total. The van der Waals surface area contributed by atoms with E-state index in [1.165, 1.54) is 7.11 Å². The number of nitrogens with two attached hydrogens (primary N) is 2. The Morgan fingerprint density at radius 3 is 2.76 bits per heavy atom. The van der Waals surface area contributed by atoms with E-state index >= 15 is 0 Å². The first kappa shape index (κ1) is 17.6. The molecule has 1 amide bonds. The Hall–Kier alpha value is -1.50. The molecule has 0 heterocycles. The second kappa shape index (κ2) is 9.44. The standard InChI is InChI=1S/C14H22ClN3O3/c1-20-12-7-10(8-18-5-3-2-4-16)6-11(15)14(12)21-9-13(17)19/h6-7,18H,2-5,8-9,16H2,1H3,(H2,17,19). The maximum absolute atomic E-state index is 10.8. The predicted molar refractivity (Wildman–Crippen MR) is 82.7 cm³/mol. The molecule has 1 aromatic rings. The monoisotopic (exact) mass is 315 g/mol. The van der Waals surface area contributed by atoms with Crippen LogP contribution in [0.5, 0.6) is 11.5 Å². The minimum Gasteiger partial charge on any atom is -0.493 e. The van der Waals surface area contributed by atoms with Gasteiger partial charge in [-0.15, -0.1) is 0 Å². The summed E-state index contributed by atoms with van der Waals surface area (Å²) in [4.78, 5) is 10.8. The number of methoxy groups -OCH3 is 1. The molecule has 1 aromatic carbocycles. The van der Waals surface area contributed by atoms with E-state index < -0.39 is 5.91 Å². The number of nitrogens with one attached hydrogen (secondary N) is 1. The fourth-order valence-corrected chi connectivity index (χ4v) is 2.07. The molecular weight excluding hydrogens is 294 g/mol. The summed E-state index contributed by atoms with van der Waals surface area (Å²) in [5, 5.41) is 3.68. The molecule has 0 fully saturated rings. The second-order valence-corrected chi connectivity index (χ2v) is 4.94. The van der Waals surface area contributed by atoms with Crippen molar-refractivity contribution >= 4 is 17.5 Å². The highest BCUT2D eigenvalue weighted by atomic mass is 35.5. The predicted octanol–water partition coefficient (Wildman–Crippen LogP) is 1.04. The Morgan fingerprint density at radius 1 is 1.38 bits per heavy atom. The summed E-state index contributed by atoms with van der Waals surface area (Å²) in [5.74, 6) is 0.228. The van der Waals surface area contributed by atoms with Gasteiger partial charge in [-0.3, -0.25) is 4.79 Å². The molecule has 0 saturated heterocycles. The van der Waals surface area contributed by atoms with Gasteiger partial charge in [-0.25, -0.2) is 0 Å². The van der Waals surface area contributed by atoms with Crippen LogP contribution in [0.1, 0.15) is 18.4 Å². The van der Waals surface area contributed by atoms with Gasteiger partial charge in [0.2, 0.25) is 0 Å². The summed E-state index contributed by atoms with van der Waals surface area (Å²) < 4.78 is 10.5. The summed E-state index contributed by atoms with van der Waals surface area (Å²) >= 11 is 6.16. The SMILES string of the molecule is COc1cc(CNCCCCN)cc(Cl)c1OCC(N)=O. The number of carbonyl (C=O) groups excluding carboxylic acids is 1. The normalized spacial score (nSPS) is 10.4. The minimum absolute atomic E-state index is 0.243. The van der Waals surface area contributed by atoms with Gasteiger partial charge in [-0.2, -0.15) is 0 Å². The van der Waals surface area contributed by atoms with Crippen LogP contribution in [0.3, 0.4) is 0 Å². The molecule has 0 aliphatic rings. The first-order valence-corrected chi connectivity index (χ1v) is 7.14. The molecule has 0 atom stereocenters. The average molecular weight is 316 g/mol. The van der Waals surface area contributed by atoms with Crippen molar-refractivity contribution in [2.45, 2.75) is 19.4 Å². The molecule has 0 unspecified atom stereocenters. The van der Waals surface area contributed by atoms with E-state index in [0.717, 1.165) is 24.9 Å². The van der Waals surface area contributed by atoms with Crippen LogP contribution in [0.4, 0.5) is 0 Å². The highest BCUT2D eigenvalue weighted by Gasteiger charge is 2.12. The molecule has 118 valence electrons. The van der Waals surface area contributed by atoms with Gasteiger partial charge >= 0.3 is 0 Å². The number of unbranched alkanes of at least 4 members (excludes halogenated alkanes) is 1. The third kappa shape index (κ3) is 6.20. The quantitative estimate of drug-likeness (QED) is 0.560. The molecule has 0 aromatic heterocycles. The molecule has 7 heteroatoms. The Labute approximate surface area is 129 Å². The third-order valence-electron chi connectivity index (χ3n) is 2.78. The minimum atomic E-state index is -0.571. The molecule has 0 bridgehead atoms. The molecule has 0 saturated carbocycles. The van der Waals surface area contributed by atoms with Crippen molar-refractivity contribution in [3.05, 3.63) is 22.7 Å². The molecule has 0 radical (unpaired) electrons. The van der Waals surface area contributed by atoms with Crippen LogP contribution in [0.2, 0.25) is 5.02 Å². The van der Waals surface area contributed by atoms with E-state index in [2.05, 4.69) is 5.32 Å². The summed E-state index contributed by atoms with van der Waals surface area (Å²) in [6.45, 7) is 2.01. The Balaban J connectivity index is 2.67. The lowest BCUT2D eigenvalue weighted by Crippen LogP contribution is -2.20. The molecule has 0 aliphatic heterocycles. The summed E-state index contributed by atoms with van der Waals surface area (Å²) in [5.41, 5.74) is 11.5. The lowest BCUT2D eigenvalue weighted by atomic mass is 10.2. The average Bonchev–Trinajstić information content (AvgIpc) is 2.45. The van der Waals surface area contributed by atoms with E-state index in [4.69, 9.17) is 32.5 Å². The number of halogens is 1. The molecule has 1 rings (SSSR count). The van der Waals surface area contributed by atoms with Crippen LogP contribution < -0.4 is 26.3 Å². The number of hydrogen-bond donors (Lipinski definition) is 3. The Kier molecular flexibility index (Phi) is 7.89. The molecule has 6 nitrogen and oxygen atoms in total. The van der Waals surface area contributed by atoms with Gasteiger partial charge in [0.25, 0.3) is 5.91 Å². The highest BCUT2D eigenvalue weighted by molar-refractivity contribution is 6.32. The van der Waals surface area contributed by atoms with Crippen LogP contribution in [0.15, 0.2) is 12.1 Å². The van der Waals surface area contributed by atoms with E-state index in [1.807, 2.05) is 6.07 Å². The van der Waals surface area contributed by atoms with Crippen molar-refractivity contribution < 1.29 is 14.3 Å². The van der Waals surface area contributed by atoms with Gasteiger partial charge in [0.1, 0.15) is 0 Å². The molecular formula is C14H22ClN3O3. The Morgan fingerprint density at radius 2 is 2.14 bits per heavy atom. The maximum atomic E-state index is 10.8. The number of rotatable bonds is 10. The lowest BCUT2D eigenvalue weighted by Gasteiger charge is -2.13. The molecule has 0 spiro atoms. The number of primary amides is 1. The van der Waals surface area contributed by atoms with Crippen molar-refractivity contribution in [2.24, 2.45) is 11.5 Å². The van der Waals surface area contributed by atoms with Gasteiger partial charge < -0.3 is 26.3 Å². The van der Waals surface area contributed by atoms with E-state index in [9.17, 15) is 4.79 Å². The third-order valence-corrected chi connectivity index (χ3v) is 3.07. The lowest BCUT2D eigenvalue weighted by molar-refractivity contribution is -0.119. The van der Waals surface area contributed by atoms with E-state index in [1.54, 1.807) is 6.07 Å². The van der Waals surface area contributed by atoms with E-state index in [-0.39, 0.29) is 6.61 Å². The number of carbonyl (C=O) groups is 1. The van der Waals surface area contributed by atoms with Crippen molar-refractivity contribution in [1.29, 1.82) is 0 Å². The van der Waals surface area contributed by atoms with Crippen LogP contribution in [0, 0.1) is 0 Å². The van der Waals surface area contributed by atoms with Crippen LogP contribution >= 0.6 is 11.6 Å². The van der Waals surface area contributed by atoms with Crippen molar-refractivity contribution in [3.63, 3.8) is 0 Å². The zero-order valence-corrected chi connectivity index (χ0v) is 12.9. The fraction of sp³-hybridized carbons (Fsp3) is 0.500. The topological polar surface area (TPSA) is 99.6 Å². The largest absolute Gasteiger partial charge is 0.493 e. The van der Waals surface area contributed by atoms with Gasteiger partial charge in [0.15, 0.2) is 18.1 Å².